The number of hydrogen-bond acceptors (Lipinski definition) is 6. The van der Waals surface area contributed by atoms with Gasteiger partial charge in [-0.2, -0.15) is 5.26 Å². The predicted octanol–water partition coefficient (Wildman–Crippen LogP) is 1.69. The van der Waals surface area contributed by atoms with E-state index in [4.69, 9.17) is 5.26 Å². The number of anilines is 2. The van der Waals surface area contributed by atoms with Gasteiger partial charge < -0.3 is 15.5 Å². The third-order valence-electron chi connectivity index (χ3n) is 3.18. The highest BCUT2D eigenvalue weighted by atomic mass is 16.1. The molecule has 0 saturated heterocycles. The first-order chi connectivity index (χ1) is 11.5. The van der Waals surface area contributed by atoms with Crippen molar-refractivity contribution in [1.82, 2.24) is 20.2 Å². The summed E-state index contributed by atoms with van der Waals surface area (Å²) < 4.78 is 0. The average Bonchev–Trinajstić information content (AvgIpc) is 2.54. The second-order valence-corrected chi connectivity index (χ2v) is 5.56. The molecule has 2 rings (SSSR count). The number of aryl methyl sites for hydroxylation is 1. The minimum atomic E-state index is -0.240. The van der Waals surface area contributed by atoms with Crippen molar-refractivity contribution in [3.05, 3.63) is 47.4 Å². The minimum Gasteiger partial charge on any atom is -0.349 e. The number of rotatable bonds is 6. The molecule has 2 N–H and O–H groups in total. The van der Waals surface area contributed by atoms with Crippen LogP contribution in [0.1, 0.15) is 21.9 Å². The van der Waals surface area contributed by atoms with Gasteiger partial charge in [-0.3, -0.25) is 4.79 Å². The Kier molecular flexibility index (Phi) is 5.82. The van der Waals surface area contributed by atoms with Gasteiger partial charge in [0.15, 0.2) is 0 Å². The maximum absolute atomic E-state index is 12.2. The Morgan fingerprint density at radius 2 is 2.08 bits per heavy atom. The Hall–Kier alpha value is -2.98. The molecule has 2 aromatic rings. The molecule has 0 radical (unpaired) electrons. The molecule has 1 amide bonds. The minimum absolute atomic E-state index is 0.240. The molecule has 0 spiro atoms. The van der Waals surface area contributed by atoms with Crippen molar-refractivity contribution in [2.75, 3.05) is 32.5 Å². The summed E-state index contributed by atoms with van der Waals surface area (Å²) in [5, 5.41) is 14.9. The van der Waals surface area contributed by atoms with E-state index < -0.39 is 0 Å². The zero-order valence-electron chi connectivity index (χ0n) is 14.0. The standard InChI is InChI=1S/C17H20N6O/c1-12-20-15(17(24)19-7-8-23(2)3)10-16(21-12)22-14-6-4-5-13(9-14)11-18/h4-6,9-10H,7-8H2,1-3H3,(H,19,24)(H,20,21,22). The van der Waals surface area contributed by atoms with Gasteiger partial charge in [0, 0.05) is 24.8 Å². The lowest BCUT2D eigenvalue weighted by Gasteiger charge is -2.11. The molecular formula is C17H20N6O. The van der Waals surface area contributed by atoms with Gasteiger partial charge in [0.1, 0.15) is 17.3 Å². The zero-order valence-corrected chi connectivity index (χ0v) is 14.0. The quantitative estimate of drug-likeness (QED) is 0.840. The molecule has 1 aromatic carbocycles. The summed E-state index contributed by atoms with van der Waals surface area (Å²) >= 11 is 0. The van der Waals surface area contributed by atoms with Crippen LogP contribution in [0, 0.1) is 18.3 Å². The molecule has 0 aliphatic carbocycles. The molecule has 0 aliphatic rings. The highest BCUT2D eigenvalue weighted by Gasteiger charge is 2.10. The number of nitrogens with zero attached hydrogens (tertiary/aromatic N) is 4. The van der Waals surface area contributed by atoms with E-state index in [-0.39, 0.29) is 5.91 Å². The van der Waals surface area contributed by atoms with E-state index >= 15 is 0 Å². The second kappa shape index (κ2) is 8.04. The van der Waals surface area contributed by atoms with E-state index in [1.807, 2.05) is 25.1 Å². The number of nitriles is 1. The largest absolute Gasteiger partial charge is 0.349 e. The van der Waals surface area contributed by atoms with E-state index in [9.17, 15) is 4.79 Å². The summed E-state index contributed by atoms with van der Waals surface area (Å²) in [6.07, 6.45) is 0. The summed E-state index contributed by atoms with van der Waals surface area (Å²) in [5.41, 5.74) is 1.58. The van der Waals surface area contributed by atoms with Gasteiger partial charge in [-0.25, -0.2) is 9.97 Å². The van der Waals surface area contributed by atoms with Gasteiger partial charge in [-0.1, -0.05) is 6.07 Å². The van der Waals surface area contributed by atoms with E-state index in [0.717, 1.165) is 12.2 Å². The number of carbonyl (C=O) groups excluding carboxylic acids is 1. The third-order valence-corrected chi connectivity index (χ3v) is 3.18. The van der Waals surface area contributed by atoms with Crippen molar-refractivity contribution in [2.24, 2.45) is 0 Å². The van der Waals surface area contributed by atoms with E-state index in [0.29, 0.717) is 29.4 Å². The lowest BCUT2D eigenvalue weighted by molar-refractivity contribution is 0.0945. The summed E-state index contributed by atoms with van der Waals surface area (Å²) in [7, 11) is 3.89. The molecule has 124 valence electrons. The van der Waals surface area contributed by atoms with E-state index in [2.05, 4.69) is 26.7 Å². The molecule has 0 fully saturated rings. The van der Waals surface area contributed by atoms with Crippen LogP contribution in [0.15, 0.2) is 30.3 Å². The Bertz CT molecular complexity index is 766. The fourth-order valence-electron chi connectivity index (χ4n) is 2.05. The number of amides is 1. The molecule has 7 nitrogen and oxygen atoms in total. The molecule has 1 aromatic heterocycles. The predicted molar refractivity (Wildman–Crippen MR) is 92.1 cm³/mol. The maximum Gasteiger partial charge on any atom is 0.270 e. The van der Waals surface area contributed by atoms with Gasteiger partial charge in [0.05, 0.1) is 11.6 Å². The number of aromatic nitrogens is 2. The maximum atomic E-state index is 12.2. The Morgan fingerprint density at radius 1 is 1.29 bits per heavy atom. The summed E-state index contributed by atoms with van der Waals surface area (Å²) in [6, 6.07) is 10.7. The molecular weight excluding hydrogens is 304 g/mol. The van der Waals surface area contributed by atoms with Crippen molar-refractivity contribution in [3.8, 4) is 6.07 Å². The SMILES string of the molecule is Cc1nc(Nc2cccc(C#N)c2)cc(C(=O)NCCN(C)C)n1. The van der Waals surface area contributed by atoms with E-state index in [1.165, 1.54) is 0 Å². The van der Waals surface area contributed by atoms with Crippen LogP contribution in [0.5, 0.6) is 0 Å². The number of nitrogens with one attached hydrogen (secondary N) is 2. The molecule has 0 saturated carbocycles. The highest BCUT2D eigenvalue weighted by Crippen LogP contribution is 2.16. The Labute approximate surface area is 141 Å². The van der Waals surface area contributed by atoms with Crippen LogP contribution in [-0.4, -0.2) is 48.0 Å². The second-order valence-electron chi connectivity index (χ2n) is 5.56. The van der Waals surface area contributed by atoms with Crippen LogP contribution < -0.4 is 10.6 Å². The van der Waals surface area contributed by atoms with Gasteiger partial charge >= 0.3 is 0 Å². The van der Waals surface area contributed by atoms with Crippen molar-refractivity contribution in [3.63, 3.8) is 0 Å². The van der Waals surface area contributed by atoms with Crippen LogP contribution >= 0.6 is 0 Å². The molecule has 0 atom stereocenters. The van der Waals surface area contributed by atoms with Crippen molar-refractivity contribution >= 4 is 17.4 Å². The van der Waals surface area contributed by atoms with E-state index in [1.54, 1.807) is 31.2 Å². The molecule has 0 unspecified atom stereocenters. The lowest BCUT2D eigenvalue weighted by Crippen LogP contribution is -2.32. The summed E-state index contributed by atoms with van der Waals surface area (Å²) in [5.74, 6) is 0.765. The van der Waals surface area contributed by atoms with Crippen LogP contribution in [0.25, 0.3) is 0 Å². The first-order valence-electron chi connectivity index (χ1n) is 7.54. The lowest BCUT2D eigenvalue weighted by atomic mass is 10.2. The molecule has 1 heterocycles. The van der Waals surface area contributed by atoms with Crippen molar-refractivity contribution in [2.45, 2.75) is 6.92 Å². The first kappa shape index (κ1) is 17.4. The number of carbonyl (C=O) groups is 1. The average molecular weight is 324 g/mol. The molecule has 0 bridgehead atoms. The third kappa shape index (κ3) is 5.04. The van der Waals surface area contributed by atoms with Gasteiger partial charge in [-0.15, -0.1) is 0 Å². The van der Waals surface area contributed by atoms with Crippen LogP contribution in [0.4, 0.5) is 11.5 Å². The highest BCUT2D eigenvalue weighted by molar-refractivity contribution is 5.93. The Balaban J connectivity index is 2.13. The monoisotopic (exact) mass is 324 g/mol. The molecule has 7 heteroatoms. The number of hydrogen-bond donors (Lipinski definition) is 2. The number of benzene rings is 1. The summed E-state index contributed by atoms with van der Waals surface area (Å²) in [6.45, 7) is 3.03. The zero-order chi connectivity index (χ0) is 17.5. The fourth-order valence-corrected chi connectivity index (χ4v) is 2.05. The summed E-state index contributed by atoms with van der Waals surface area (Å²) in [4.78, 5) is 22.6. The fraction of sp³-hybridized carbons (Fsp3) is 0.294. The smallest absolute Gasteiger partial charge is 0.270 e. The van der Waals surface area contributed by atoms with Gasteiger partial charge in [0.25, 0.3) is 5.91 Å². The van der Waals surface area contributed by atoms with Crippen LogP contribution in [-0.2, 0) is 0 Å². The topological polar surface area (TPSA) is 93.9 Å². The number of likely N-dealkylation sites (N-methyl/N-ethyl adjacent to an activating group) is 1. The Morgan fingerprint density at radius 3 is 2.79 bits per heavy atom. The van der Waals surface area contributed by atoms with Crippen molar-refractivity contribution < 1.29 is 4.79 Å². The van der Waals surface area contributed by atoms with Crippen molar-refractivity contribution in [1.29, 1.82) is 5.26 Å². The van der Waals surface area contributed by atoms with Gasteiger partial charge in [-0.05, 0) is 39.2 Å². The van der Waals surface area contributed by atoms with Gasteiger partial charge in [0.2, 0.25) is 0 Å². The molecule has 0 aliphatic heterocycles. The normalized spacial score (nSPS) is 10.3. The molecule has 24 heavy (non-hydrogen) atoms. The van der Waals surface area contributed by atoms with Crippen LogP contribution in [0.2, 0.25) is 0 Å². The van der Waals surface area contributed by atoms with Crippen LogP contribution in [0.3, 0.4) is 0 Å². The first-order valence-corrected chi connectivity index (χ1v) is 7.54.